The van der Waals surface area contributed by atoms with Crippen molar-refractivity contribution in [3.8, 4) is 5.75 Å². The van der Waals surface area contributed by atoms with E-state index in [1.54, 1.807) is 52.1 Å². The minimum atomic E-state index is -0.714. The van der Waals surface area contributed by atoms with Crippen molar-refractivity contribution in [2.75, 3.05) is 7.11 Å². The summed E-state index contributed by atoms with van der Waals surface area (Å²) in [6, 6.07) is 6.66. The smallest absolute Gasteiger partial charge is 0.343 e. The lowest BCUT2D eigenvalue weighted by molar-refractivity contribution is -0.144. The Morgan fingerprint density at radius 3 is 2.21 bits per heavy atom. The maximum Gasteiger partial charge on any atom is 0.343 e. The molecule has 1 aliphatic heterocycles. The van der Waals surface area contributed by atoms with Gasteiger partial charge >= 0.3 is 5.97 Å². The van der Waals surface area contributed by atoms with Gasteiger partial charge in [0, 0.05) is 5.56 Å². The number of hydrogen-bond acceptors (Lipinski definition) is 4. The molecule has 19 heavy (non-hydrogen) atoms. The molecule has 0 fully saturated rings. The first-order chi connectivity index (χ1) is 8.86. The zero-order valence-electron chi connectivity index (χ0n) is 11.4. The van der Waals surface area contributed by atoms with Gasteiger partial charge in [-0.25, -0.2) is 4.79 Å². The Balaban J connectivity index is 2.39. The predicted molar refractivity (Wildman–Crippen MR) is 70.2 cm³/mol. The average Bonchev–Trinajstić information content (AvgIpc) is 2.58. The van der Waals surface area contributed by atoms with E-state index in [2.05, 4.69) is 0 Å². The van der Waals surface area contributed by atoms with Crippen LogP contribution in [0.2, 0.25) is 0 Å². The molecule has 0 atom stereocenters. The van der Waals surface area contributed by atoms with Crippen LogP contribution in [-0.2, 0) is 9.53 Å². The molecular weight excluding hydrogens is 244 g/mol. The Morgan fingerprint density at radius 2 is 1.79 bits per heavy atom. The third-order valence-corrected chi connectivity index (χ3v) is 3.41. The van der Waals surface area contributed by atoms with Crippen LogP contribution in [0.4, 0.5) is 0 Å². The number of hydrogen-bond donors (Lipinski definition) is 0. The van der Waals surface area contributed by atoms with Crippen molar-refractivity contribution in [1.29, 1.82) is 0 Å². The van der Waals surface area contributed by atoms with Gasteiger partial charge in [-0.1, -0.05) is 0 Å². The Bertz CT molecular complexity index is 564. The first-order valence-electron chi connectivity index (χ1n) is 6.00. The van der Waals surface area contributed by atoms with Crippen molar-refractivity contribution in [3.05, 3.63) is 41.0 Å². The van der Waals surface area contributed by atoms with E-state index in [1.807, 2.05) is 0 Å². The summed E-state index contributed by atoms with van der Waals surface area (Å²) in [4.78, 5) is 24.2. The highest BCUT2D eigenvalue weighted by molar-refractivity contribution is 6.26. The van der Waals surface area contributed by atoms with Gasteiger partial charge in [-0.15, -0.1) is 0 Å². The second kappa shape index (κ2) is 4.53. The summed E-state index contributed by atoms with van der Waals surface area (Å²) in [6.07, 6.45) is 0. The SMILES string of the molecule is COc1ccc(C(=O)C2=C(C)C(C)(C)OC2=O)cc1. The van der Waals surface area contributed by atoms with Gasteiger partial charge in [0.2, 0.25) is 0 Å². The minimum absolute atomic E-state index is 0.134. The molecule has 0 saturated heterocycles. The van der Waals surface area contributed by atoms with Crippen LogP contribution in [0.25, 0.3) is 0 Å². The van der Waals surface area contributed by atoms with Crippen LogP contribution in [0.15, 0.2) is 35.4 Å². The second-order valence-electron chi connectivity index (χ2n) is 4.96. The van der Waals surface area contributed by atoms with Crippen molar-refractivity contribution >= 4 is 11.8 Å². The molecule has 0 radical (unpaired) electrons. The molecule has 1 aromatic carbocycles. The molecule has 0 aliphatic carbocycles. The predicted octanol–water partition coefficient (Wildman–Crippen LogP) is 2.53. The highest BCUT2D eigenvalue weighted by Gasteiger charge is 2.40. The Labute approximate surface area is 112 Å². The van der Waals surface area contributed by atoms with Gasteiger partial charge in [0.25, 0.3) is 0 Å². The topological polar surface area (TPSA) is 52.6 Å². The number of esters is 1. The van der Waals surface area contributed by atoms with Crippen molar-refractivity contribution < 1.29 is 19.1 Å². The van der Waals surface area contributed by atoms with E-state index in [9.17, 15) is 9.59 Å². The lowest BCUT2D eigenvalue weighted by Gasteiger charge is -2.17. The van der Waals surface area contributed by atoms with Gasteiger partial charge in [-0.3, -0.25) is 4.79 Å². The molecule has 0 amide bonds. The molecule has 0 N–H and O–H groups in total. The second-order valence-corrected chi connectivity index (χ2v) is 4.96. The molecular formula is C15H16O4. The largest absolute Gasteiger partial charge is 0.497 e. The molecule has 0 saturated carbocycles. The summed E-state index contributed by atoms with van der Waals surface area (Å²) in [5, 5.41) is 0. The lowest BCUT2D eigenvalue weighted by Crippen LogP contribution is -2.21. The maximum atomic E-state index is 12.4. The molecule has 1 aliphatic rings. The highest BCUT2D eigenvalue weighted by atomic mass is 16.6. The molecule has 4 nitrogen and oxygen atoms in total. The normalized spacial score (nSPS) is 17.4. The van der Waals surface area contributed by atoms with Gasteiger partial charge in [0.05, 0.1) is 7.11 Å². The van der Waals surface area contributed by atoms with Crippen molar-refractivity contribution in [2.45, 2.75) is 26.4 Å². The fraction of sp³-hybridized carbons (Fsp3) is 0.333. The van der Waals surface area contributed by atoms with Crippen LogP contribution < -0.4 is 4.74 Å². The number of ether oxygens (including phenoxy) is 2. The summed E-state index contributed by atoms with van der Waals surface area (Å²) in [6.45, 7) is 5.30. The summed E-state index contributed by atoms with van der Waals surface area (Å²) in [7, 11) is 1.56. The molecule has 0 aromatic heterocycles. The third-order valence-electron chi connectivity index (χ3n) is 3.41. The van der Waals surface area contributed by atoms with E-state index >= 15 is 0 Å². The van der Waals surface area contributed by atoms with Crippen LogP contribution in [0.5, 0.6) is 5.75 Å². The van der Waals surface area contributed by atoms with Gasteiger partial charge in [0.15, 0.2) is 5.78 Å². The van der Waals surface area contributed by atoms with Gasteiger partial charge in [-0.2, -0.15) is 0 Å². The first-order valence-corrected chi connectivity index (χ1v) is 6.00. The molecule has 4 heteroatoms. The van der Waals surface area contributed by atoms with Gasteiger partial charge in [-0.05, 0) is 50.6 Å². The number of Topliss-reactive ketones (excluding diaryl/α,β-unsaturated/α-hetero) is 1. The first kappa shape index (κ1) is 13.3. The summed E-state index contributed by atoms with van der Waals surface area (Å²) in [5.41, 5.74) is 0.535. The lowest BCUT2D eigenvalue weighted by atomic mass is 9.93. The van der Waals surface area contributed by atoms with E-state index < -0.39 is 11.6 Å². The Hall–Kier alpha value is -2.10. The molecule has 0 unspecified atom stereocenters. The number of benzene rings is 1. The Kier molecular flexibility index (Phi) is 3.18. The van der Waals surface area contributed by atoms with E-state index in [0.29, 0.717) is 16.9 Å². The molecule has 1 heterocycles. The van der Waals surface area contributed by atoms with Crippen LogP contribution in [0.1, 0.15) is 31.1 Å². The van der Waals surface area contributed by atoms with Crippen LogP contribution in [-0.4, -0.2) is 24.5 Å². The highest BCUT2D eigenvalue weighted by Crippen LogP contribution is 2.33. The summed E-state index contributed by atoms with van der Waals surface area (Å²) >= 11 is 0. The van der Waals surface area contributed by atoms with Gasteiger partial charge in [0.1, 0.15) is 16.9 Å². The number of carbonyl (C=O) groups excluding carboxylic acids is 2. The standard InChI is InChI=1S/C15H16O4/c1-9-12(14(17)19-15(9,2)3)13(16)10-5-7-11(18-4)8-6-10/h5-8H,1-4H3. The summed E-state index contributed by atoms with van der Waals surface area (Å²) in [5.74, 6) is -0.198. The van der Waals surface area contributed by atoms with Crippen LogP contribution in [0.3, 0.4) is 0 Å². The van der Waals surface area contributed by atoms with E-state index in [1.165, 1.54) is 0 Å². The number of carbonyl (C=O) groups is 2. The number of ketones is 1. The van der Waals surface area contributed by atoms with Gasteiger partial charge < -0.3 is 9.47 Å². The van der Waals surface area contributed by atoms with Crippen LogP contribution >= 0.6 is 0 Å². The maximum absolute atomic E-state index is 12.4. The minimum Gasteiger partial charge on any atom is -0.497 e. The molecule has 0 spiro atoms. The zero-order chi connectivity index (χ0) is 14.2. The van der Waals surface area contributed by atoms with Crippen molar-refractivity contribution in [2.24, 2.45) is 0 Å². The van der Waals surface area contributed by atoms with Crippen molar-refractivity contribution in [1.82, 2.24) is 0 Å². The fourth-order valence-corrected chi connectivity index (χ4v) is 1.96. The average molecular weight is 260 g/mol. The zero-order valence-corrected chi connectivity index (χ0v) is 11.4. The summed E-state index contributed by atoms with van der Waals surface area (Å²) < 4.78 is 10.2. The number of rotatable bonds is 3. The molecule has 0 bridgehead atoms. The fourth-order valence-electron chi connectivity index (χ4n) is 1.96. The monoisotopic (exact) mass is 260 g/mol. The third kappa shape index (κ3) is 2.26. The van der Waals surface area contributed by atoms with E-state index in [0.717, 1.165) is 0 Å². The van der Waals surface area contributed by atoms with Crippen molar-refractivity contribution in [3.63, 3.8) is 0 Å². The molecule has 1 aromatic rings. The molecule has 2 rings (SSSR count). The van der Waals surface area contributed by atoms with E-state index in [-0.39, 0.29) is 11.4 Å². The number of methoxy groups -OCH3 is 1. The molecule has 100 valence electrons. The van der Waals surface area contributed by atoms with E-state index in [4.69, 9.17) is 9.47 Å². The number of cyclic esters (lactones) is 1. The van der Waals surface area contributed by atoms with Crippen LogP contribution in [0, 0.1) is 0 Å². The quantitative estimate of drug-likeness (QED) is 0.476. The Morgan fingerprint density at radius 1 is 1.21 bits per heavy atom.